The molecule has 4 fully saturated rings. The second-order valence-corrected chi connectivity index (χ2v) is 15.6. The van der Waals surface area contributed by atoms with Gasteiger partial charge in [0.2, 0.25) is 41.4 Å². The van der Waals surface area contributed by atoms with Gasteiger partial charge >= 0.3 is 5.97 Å². The van der Waals surface area contributed by atoms with Crippen molar-refractivity contribution < 1.29 is 43.5 Å². The van der Waals surface area contributed by atoms with Crippen LogP contribution in [0.4, 0.5) is 0 Å². The van der Waals surface area contributed by atoms with E-state index >= 15 is 0 Å². The summed E-state index contributed by atoms with van der Waals surface area (Å²) in [6.07, 6.45) is 4.69. The first-order valence-electron chi connectivity index (χ1n) is 19.1. The van der Waals surface area contributed by atoms with Crippen molar-refractivity contribution in [1.82, 2.24) is 35.6 Å². The summed E-state index contributed by atoms with van der Waals surface area (Å²) in [5.41, 5.74) is 6.09. The molecule has 53 heavy (non-hydrogen) atoms. The molecule has 4 aliphatic rings. The molecule has 4 rings (SSSR count). The van der Waals surface area contributed by atoms with Crippen molar-refractivity contribution in [2.75, 3.05) is 39.3 Å². The number of likely N-dealkylation sites (tertiary alicyclic amines) is 4. The van der Waals surface area contributed by atoms with Crippen LogP contribution in [0.2, 0.25) is 0 Å². The first-order valence-corrected chi connectivity index (χ1v) is 19.1. The van der Waals surface area contributed by atoms with E-state index in [0.717, 1.165) is 0 Å². The highest BCUT2D eigenvalue weighted by atomic mass is 16.4. The molecule has 4 saturated heterocycles. The molecule has 0 aromatic rings. The molecule has 0 unspecified atom stereocenters. The Morgan fingerprint density at radius 1 is 0.623 bits per heavy atom. The average molecular weight is 747 g/mol. The van der Waals surface area contributed by atoms with E-state index in [1.807, 2.05) is 27.7 Å². The van der Waals surface area contributed by atoms with Crippen molar-refractivity contribution in [3.05, 3.63) is 0 Å². The van der Waals surface area contributed by atoms with Crippen LogP contribution in [0.15, 0.2) is 0 Å². The van der Waals surface area contributed by atoms with E-state index in [1.54, 1.807) is 0 Å². The Morgan fingerprint density at radius 3 is 1.64 bits per heavy atom. The molecule has 6 atom stereocenters. The minimum Gasteiger partial charge on any atom is -0.480 e. The maximum atomic E-state index is 13.8. The fourth-order valence-corrected chi connectivity index (χ4v) is 8.03. The molecule has 0 saturated carbocycles. The maximum Gasteiger partial charge on any atom is 0.326 e. The Balaban J connectivity index is 1.30. The van der Waals surface area contributed by atoms with Crippen LogP contribution in [-0.4, -0.2) is 148 Å². The number of nitrogens with two attached hydrogens (primary N) is 1. The molecule has 4 heterocycles. The number of nitrogens with one attached hydrogen (secondary N) is 3. The van der Waals surface area contributed by atoms with Gasteiger partial charge in [-0.3, -0.25) is 33.6 Å². The second-order valence-electron chi connectivity index (χ2n) is 15.6. The number of amides is 7. The van der Waals surface area contributed by atoms with Crippen molar-refractivity contribution in [1.29, 1.82) is 0 Å². The third kappa shape index (κ3) is 10.4. The van der Waals surface area contributed by atoms with E-state index in [-0.39, 0.29) is 37.3 Å². The Hall–Kier alpha value is -4.28. The van der Waals surface area contributed by atoms with Gasteiger partial charge in [0.25, 0.3) is 0 Å². The number of hydrogen-bond donors (Lipinski definition) is 5. The van der Waals surface area contributed by atoms with Gasteiger partial charge in [0, 0.05) is 26.2 Å². The molecule has 4 aliphatic heterocycles. The zero-order valence-electron chi connectivity index (χ0n) is 31.5. The quantitative estimate of drug-likeness (QED) is 0.140. The van der Waals surface area contributed by atoms with E-state index in [9.17, 15) is 43.5 Å². The fourth-order valence-electron chi connectivity index (χ4n) is 8.03. The van der Waals surface area contributed by atoms with Crippen LogP contribution in [0, 0.1) is 11.8 Å². The number of aliphatic carboxylic acids is 1. The van der Waals surface area contributed by atoms with Crippen LogP contribution in [0.3, 0.4) is 0 Å². The number of carboxylic acid groups (broad SMARTS) is 1. The summed E-state index contributed by atoms with van der Waals surface area (Å²) in [6.45, 7) is 8.24. The van der Waals surface area contributed by atoms with E-state index < -0.39 is 84.2 Å². The Kier molecular flexibility index (Phi) is 14.6. The van der Waals surface area contributed by atoms with Crippen LogP contribution in [-0.2, 0) is 38.4 Å². The zero-order chi connectivity index (χ0) is 39.0. The normalized spacial score (nSPS) is 24.1. The molecule has 0 aromatic carbocycles. The number of carboxylic acids is 1. The van der Waals surface area contributed by atoms with Crippen molar-refractivity contribution in [2.24, 2.45) is 17.6 Å². The fraction of sp³-hybridized carbons (Fsp3) is 0.778. The van der Waals surface area contributed by atoms with Crippen LogP contribution >= 0.6 is 0 Å². The molecule has 7 amide bonds. The van der Waals surface area contributed by atoms with Gasteiger partial charge in [-0.05, 0) is 76.0 Å². The second kappa shape index (κ2) is 18.7. The van der Waals surface area contributed by atoms with Crippen LogP contribution in [0.25, 0.3) is 0 Å². The largest absolute Gasteiger partial charge is 0.480 e. The van der Waals surface area contributed by atoms with Crippen molar-refractivity contribution >= 4 is 47.3 Å². The lowest BCUT2D eigenvalue weighted by Crippen LogP contribution is -2.56. The minimum atomic E-state index is -1.07. The zero-order valence-corrected chi connectivity index (χ0v) is 31.5. The van der Waals surface area contributed by atoms with Gasteiger partial charge in [-0.1, -0.05) is 27.7 Å². The van der Waals surface area contributed by atoms with Gasteiger partial charge in [0.15, 0.2) is 0 Å². The first kappa shape index (κ1) is 41.5. The third-order valence-corrected chi connectivity index (χ3v) is 10.6. The number of carbonyl (C=O) groups excluding carboxylic acids is 7. The molecule has 296 valence electrons. The van der Waals surface area contributed by atoms with E-state index in [0.29, 0.717) is 77.4 Å². The molecular formula is C36H58N8O9. The SMILES string of the molecule is CC(C)C[C@H](NC(=O)CNC(=O)[C@@H]1CCCN1C(=O)[C@@H](N)CC(C)C)C(=O)N1CCC[C@H]1C(=O)NCC(=O)N1CCC[C@H]1C(=O)N1CCC[C@H]1C(=O)O. The highest BCUT2D eigenvalue weighted by Crippen LogP contribution is 2.26. The van der Waals surface area contributed by atoms with Crippen molar-refractivity contribution in [2.45, 2.75) is 128 Å². The third-order valence-electron chi connectivity index (χ3n) is 10.6. The summed E-state index contributed by atoms with van der Waals surface area (Å²) >= 11 is 0. The van der Waals surface area contributed by atoms with Gasteiger partial charge in [-0.15, -0.1) is 0 Å². The minimum absolute atomic E-state index is 0.00176. The van der Waals surface area contributed by atoms with Gasteiger partial charge < -0.3 is 46.4 Å². The standard InChI is InChI=1S/C36H58N8O9/c1-21(2)17-23(37)33(49)42-14-5-9-25(42)31(47)38-19-29(45)40-24(18-22(3)4)34(50)43-15-6-10-26(43)32(48)39-20-30(46)41-13-7-11-27(41)35(51)44-16-8-12-28(44)36(52)53/h21-28H,5-20,37H2,1-4H3,(H,38,47)(H,39,48)(H,40,45)(H,52,53)/t23-,24-,25-,26-,27-,28-/m0/s1. The predicted molar refractivity (Wildman–Crippen MR) is 191 cm³/mol. The topological polar surface area (TPSA) is 232 Å². The lowest BCUT2D eigenvalue weighted by atomic mass is 10.0. The molecule has 0 aliphatic carbocycles. The van der Waals surface area contributed by atoms with E-state index in [4.69, 9.17) is 5.73 Å². The number of rotatable bonds is 15. The summed E-state index contributed by atoms with van der Waals surface area (Å²) in [5.74, 6) is -4.03. The summed E-state index contributed by atoms with van der Waals surface area (Å²) in [5, 5.41) is 17.5. The van der Waals surface area contributed by atoms with Crippen LogP contribution < -0.4 is 21.7 Å². The van der Waals surface area contributed by atoms with Gasteiger partial charge in [0.05, 0.1) is 19.1 Å². The van der Waals surface area contributed by atoms with Crippen LogP contribution in [0.5, 0.6) is 0 Å². The van der Waals surface area contributed by atoms with Crippen LogP contribution in [0.1, 0.15) is 91.9 Å². The van der Waals surface area contributed by atoms with Crippen molar-refractivity contribution in [3.8, 4) is 0 Å². The van der Waals surface area contributed by atoms with Gasteiger partial charge in [0.1, 0.15) is 30.2 Å². The number of carbonyl (C=O) groups is 8. The predicted octanol–water partition coefficient (Wildman–Crippen LogP) is -0.828. The molecule has 6 N–H and O–H groups in total. The Morgan fingerprint density at radius 2 is 1.09 bits per heavy atom. The molecule has 0 spiro atoms. The summed E-state index contributed by atoms with van der Waals surface area (Å²) < 4.78 is 0. The summed E-state index contributed by atoms with van der Waals surface area (Å²) in [7, 11) is 0. The molecule has 0 bridgehead atoms. The van der Waals surface area contributed by atoms with Gasteiger partial charge in [-0.25, -0.2) is 4.79 Å². The lowest BCUT2D eigenvalue weighted by molar-refractivity contribution is -0.151. The number of hydrogen-bond acceptors (Lipinski definition) is 9. The molecule has 17 nitrogen and oxygen atoms in total. The maximum absolute atomic E-state index is 13.8. The van der Waals surface area contributed by atoms with E-state index in [2.05, 4.69) is 16.0 Å². The smallest absolute Gasteiger partial charge is 0.326 e. The molecule has 0 radical (unpaired) electrons. The Bertz CT molecular complexity index is 1410. The monoisotopic (exact) mass is 746 g/mol. The lowest BCUT2D eigenvalue weighted by Gasteiger charge is -2.31. The average Bonchev–Trinajstić information content (AvgIpc) is 3.94. The van der Waals surface area contributed by atoms with Crippen molar-refractivity contribution in [3.63, 3.8) is 0 Å². The van der Waals surface area contributed by atoms with Gasteiger partial charge in [-0.2, -0.15) is 0 Å². The van der Waals surface area contributed by atoms with E-state index in [1.165, 1.54) is 19.6 Å². The summed E-state index contributed by atoms with van der Waals surface area (Å²) in [4.78, 5) is 110. The molecule has 0 aromatic heterocycles. The molecular weight excluding hydrogens is 688 g/mol. The summed E-state index contributed by atoms with van der Waals surface area (Å²) in [6, 6.07) is -4.98. The Labute approximate surface area is 311 Å². The highest BCUT2D eigenvalue weighted by molar-refractivity contribution is 5.96. The highest BCUT2D eigenvalue weighted by Gasteiger charge is 2.43. The number of nitrogens with zero attached hydrogens (tertiary/aromatic N) is 4. The first-order chi connectivity index (χ1) is 25.1. The molecule has 17 heteroatoms.